The number of ether oxygens (including phenoxy) is 1. The first-order valence-electron chi connectivity index (χ1n) is 4.91. The first-order chi connectivity index (χ1) is 6.20. The topological polar surface area (TPSA) is 61.7 Å². The zero-order valence-corrected chi connectivity index (χ0v) is 7.70. The van der Waals surface area contributed by atoms with E-state index in [2.05, 4.69) is 5.32 Å². The number of hydrogen-bond acceptors (Lipinski definition) is 4. The van der Waals surface area contributed by atoms with Crippen molar-refractivity contribution in [3.63, 3.8) is 0 Å². The van der Waals surface area contributed by atoms with Gasteiger partial charge in [0.15, 0.2) is 0 Å². The van der Waals surface area contributed by atoms with E-state index in [9.17, 15) is 10.2 Å². The van der Waals surface area contributed by atoms with Gasteiger partial charge in [-0.3, -0.25) is 0 Å². The Morgan fingerprint density at radius 3 is 2.62 bits per heavy atom. The van der Waals surface area contributed by atoms with Crippen LogP contribution in [0, 0.1) is 0 Å². The summed E-state index contributed by atoms with van der Waals surface area (Å²) in [5, 5.41) is 22.3. The molecule has 2 aliphatic rings. The zero-order chi connectivity index (χ0) is 9.31. The van der Waals surface area contributed by atoms with Gasteiger partial charge in [-0.2, -0.15) is 0 Å². The van der Waals surface area contributed by atoms with E-state index in [1.807, 2.05) is 0 Å². The molecule has 4 heteroatoms. The van der Waals surface area contributed by atoms with Crippen LogP contribution < -0.4 is 5.32 Å². The molecule has 2 unspecified atom stereocenters. The van der Waals surface area contributed by atoms with Crippen LogP contribution in [0.25, 0.3) is 0 Å². The largest absolute Gasteiger partial charge is 0.389 e. The molecule has 4 nitrogen and oxygen atoms in total. The van der Waals surface area contributed by atoms with Gasteiger partial charge < -0.3 is 20.3 Å². The highest BCUT2D eigenvalue weighted by Gasteiger charge is 2.36. The van der Waals surface area contributed by atoms with E-state index in [1.165, 1.54) is 0 Å². The van der Waals surface area contributed by atoms with Crippen LogP contribution in [0.2, 0.25) is 0 Å². The van der Waals surface area contributed by atoms with Gasteiger partial charge in [0.1, 0.15) is 0 Å². The molecule has 0 aromatic carbocycles. The Labute approximate surface area is 77.9 Å². The lowest BCUT2D eigenvalue weighted by molar-refractivity contribution is -0.0351. The molecule has 0 radical (unpaired) electrons. The van der Waals surface area contributed by atoms with Crippen molar-refractivity contribution in [2.24, 2.45) is 0 Å². The second-order valence-electron chi connectivity index (χ2n) is 4.17. The van der Waals surface area contributed by atoms with E-state index in [0.29, 0.717) is 19.8 Å². The summed E-state index contributed by atoms with van der Waals surface area (Å²) in [7, 11) is 0. The SMILES string of the molecule is OC1COCC1NCC1(O)CCC1. The highest BCUT2D eigenvalue weighted by Crippen LogP contribution is 2.30. The van der Waals surface area contributed by atoms with Crippen molar-refractivity contribution in [1.82, 2.24) is 5.32 Å². The lowest BCUT2D eigenvalue weighted by Crippen LogP contribution is -2.51. The fourth-order valence-corrected chi connectivity index (χ4v) is 1.82. The third-order valence-electron chi connectivity index (χ3n) is 3.03. The van der Waals surface area contributed by atoms with Gasteiger partial charge in [0.2, 0.25) is 0 Å². The standard InChI is InChI=1S/C9H17NO3/c11-8-5-13-4-7(8)10-6-9(12)2-1-3-9/h7-8,10-12H,1-6H2. The molecular formula is C9H17NO3. The molecule has 3 N–H and O–H groups in total. The predicted molar refractivity (Wildman–Crippen MR) is 47.4 cm³/mol. The summed E-state index contributed by atoms with van der Waals surface area (Å²) < 4.78 is 5.09. The number of hydrogen-bond donors (Lipinski definition) is 3. The number of aliphatic hydroxyl groups is 2. The monoisotopic (exact) mass is 187 g/mol. The summed E-state index contributed by atoms with van der Waals surface area (Å²) in [4.78, 5) is 0. The van der Waals surface area contributed by atoms with Crippen molar-refractivity contribution in [2.75, 3.05) is 19.8 Å². The minimum absolute atomic E-state index is 0.00428. The van der Waals surface area contributed by atoms with Crippen LogP contribution in [-0.4, -0.2) is 47.7 Å². The van der Waals surface area contributed by atoms with Gasteiger partial charge in [-0.05, 0) is 19.3 Å². The summed E-state index contributed by atoms with van der Waals surface area (Å²) in [5.41, 5.74) is -0.512. The molecule has 1 heterocycles. The Bertz CT molecular complexity index is 182. The summed E-state index contributed by atoms with van der Waals surface area (Å²) in [6.07, 6.45) is 2.46. The van der Waals surface area contributed by atoms with E-state index in [1.54, 1.807) is 0 Å². The maximum atomic E-state index is 9.77. The van der Waals surface area contributed by atoms with Gasteiger partial charge >= 0.3 is 0 Å². The van der Waals surface area contributed by atoms with Gasteiger partial charge in [-0.15, -0.1) is 0 Å². The van der Waals surface area contributed by atoms with Gasteiger partial charge in [0.25, 0.3) is 0 Å². The maximum Gasteiger partial charge on any atom is 0.0948 e. The first-order valence-corrected chi connectivity index (χ1v) is 4.91. The van der Waals surface area contributed by atoms with Crippen molar-refractivity contribution in [1.29, 1.82) is 0 Å². The molecule has 0 spiro atoms. The van der Waals surface area contributed by atoms with Crippen LogP contribution in [0.5, 0.6) is 0 Å². The van der Waals surface area contributed by atoms with Crippen LogP contribution in [0.1, 0.15) is 19.3 Å². The molecule has 2 fully saturated rings. The average Bonchev–Trinajstić information content (AvgIpc) is 2.44. The van der Waals surface area contributed by atoms with Crippen molar-refractivity contribution in [2.45, 2.75) is 37.0 Å². The third kappa shape index (κ3) is 2.02. The smallest absolute Gasteiger partial charge is 0.0948 e. The van der Waals surface area contributed by atoms with Crippen LogP contribution in [0.4, 0.5) is 0 Å². The van der Waals surface area contributed by atoms with E-state index in [-0.39, 0.29) is 6.04 Å². The Morgan fingerprint density at radius 2 is 2.15 bits per heavy atom. The molecule has 2 atom stereocenters. The number of aliphatic hydroxyl groups excluding tert-OH is 1. The molecule has 0 amide bonds. The molecule has 1 aliphatic heterocycles. The summed E-state index contributed by atoms with van der Waals surface area (Å²) >= 11 is 0. The van der Waals surface area contributed by atoms with E-state index < -0.39 is 11.7 Å². The Morgan fingerprint density at radius 1 is 1.38 bits per heavy atom. The molecule has 0 bridgehead atoms. The minimum atomic E-state index is -0.512. The van der Waals surface area contributed by atoms with Gasteiger partial charge in [0, 0.05) is 6.54 Å². The van der Waals surface area contributed by atoms with Crippen molar-refractivity contribution >= 4 is 0 Å². The third-order valence-corrected chi connectivity index (χ3v) is 3.03. The highest BCUT2D eigenvalue weighted by molar-refractivity contribution is 4.92. The molecule has 76 valence electrons. The number of rotatable bonds is 3. The molecule has 0 aromatic rings. The highest BCUT2D eigenvalue weighted by atomic mass is 16.5. The van der Waals surface area contributed by atoms with Gasteiger partial charge in [-0.1, -0.05) is 0 Å². The van der Waals surface area contributed by atoms with E-state index >= 15 is 0 Å². The zero-order valence-electron chi connectivity index (χ0n) is 7.70. The Balaban J connectivity index is 1.72. The summed E-state index contributed by atoms with van der Waals surface area (Å²) in [6.45, 7) is 1.55. The van der Waals surface area contributed by atoms with Crippen molar-refractivity contribution in [3.8, 4) is 0 Å². The van der Waals surface area contributed by atoms with E-state index in [4.69, 9.17) is 4.74 Å². The van der Waals surface area contributed by atoms with Gasteiger partial charge in [-0.25, -0.2) is 0 Å². The second-order valence-corrected chi connectivity index (χ2v) is 4.17. The Hall–Kier alpha value is -0.160. The normalized spacial score (nSPS) is 37.4. The molecule has 0 aromatic heterocycles. The summed E-state index contributed by atoms with van der Waals surface area (Å²) in [5.74, 6) is 0. The second kappa shape index (κ2) is 3.53. The van der Waals surface area contributed by atoms with Crippen molar-refractivity contribution in [3.05, 3.63) is 0 Å². The van der Waals surface area contributed by atoms with Crippen LogP contribution in [0.3, 0.4) is 0 Å². The molecule has 1 saturated heterocycles. The molecule has 2 rings (SSSR count). The lowest BCUT2D eigenvalue weighted by atomic mass is 9.80. The van der Waals surface area contributed by atoms with Crippen LogP contribution in [0.15, 0.2) is 0 Å². The lowest BCUT2D eigenvalue weighted by Gasteiger charge is -2.37. The molecular weight excluding hydrogens is 170 g/mol. The van der Waals surface area contributed by atoms with Crippen LogP contribution in [-0.2, 0) is 4.74 Å². The quantitative estimate of drug-likeness (QED) is 0.544. The minimum Gasteiger partial charge on any atom is -0.389 e. The molecule has 1 aliphatic carbocycles. The van der Waals surface area contributed by atoms with Gasteiger partial charge in [0.05, 0.1) is 31.0 Å². The average molecular weight is 187 g/mol. The fraction of sp³-hybridized carbons (Fsp3) is 1.00. The number of nitrogens with one attached hydrogen (secondary N) is 1. The molecule has 1 saturated carbocycles. The van der Waals surface area contributed by atoms with E-state index in [0.717, 1.165) is 19.3 Å². The maximum absolute atomic E-state index is 9.77. The summed E-state index contributed by atoms with van der Waals surface area (Å²) in [6, 6.07) is 0.00428. The fourth-order valence-electron chi connectivity index (χ4n) is 1.82. The van der Waals surface area contributed by atoms with Crippen LogP contribution >= 0.6 is 0 Å². The van der Waals surface area contributed by atoms with Crippen molar-refractivity contribution < 1.29 is 14.9 Å². The Kier molecular flexibility index (Phi) is 2.55. The molecule has 13 heavy (non-hydrogen) atoms. The predicted octanol–water partition coefficient (Wildman–Crippen LogP) is -0.749. The first kappa shape index (κ1) is 9.40.